The first-order valence-corrected chi connectivity index (χ1v) is 9.24. The fourth-order valence-electron chi connectivity index (χ4n) is 2.68. The Morgan fingerprint density at radius 1 is 1.19 bits per heavy atom. The number of anilines is 1. The van der Waals surface area contributed by atoms with Gasteiger partial charge in [0.1, 0.15) is 12.4 Å². The maximum atomic E-state index is 11.9. The van der Waals surface area contributed by atoms with Gasteiger partial charge in [-0.25, -0.2) is 0 Å². The number of hydrogen-bond donors (Lipinski definition) is 2. The van der Waals surface area contributed by atoms with E-state index in [1.807, 2.05) is 12.1 Å². The maximum absolute atomic E-state index is 11.9. The number of rotatable bonds is 6. The third-order valence-electron chi connectivity index (χ3n) is 4.04. The van der Waals surface area contributed by atoms with Gasteiger partial charge in [0.15, 0.2) is 0 Å². The van der Waals surface area contributed by atoms with Gasteiger partial charge in [0.05, 0.1) is 6.54 Å². The summed E-state index contributed by atoms with van der Waals surface area (Å²) in [5.41, 5.74) is 2.49. The number of ether oxygens (including phenoxy) is 1. The number of fused-ring (bicyclic) bond motifs is 1. The van der Waals surface area contributed by atoms with Crippen molar-refractivity contribution < 1.29 is 14.3 Å². The summed E-state index contributed by atoms with van der Waals surface area (Å²) in [6, 6.07) is 10.7. The highest BCUT2D eigenvalue weighted by atomic mass is 35.5. The Morgan fingerprint density at radius 2 is 1.96 bits per heavy atom. The second kappa shape index (κ2) is 8.93. The van der Waals surface area contributed by atoms with Gasteiger partial charge in [-0.15, -0.1) is 0 Å². The Bertz CT molecular complexity index is 877. The van der Waals surface area contributed by atoms with Gasteiger partial charge in [-0.1, -0.05) is 29.3 Å². The van der Waals surface area contributed by atoms with Crippen LogP contribution in [0.25, 0.3) is 6.08 Å². The summed E-state index contributed by atoms with van der Waals surface area (Å²) < 4.78 is 5.66. The van der Waals surface area contributed by atoms with E-state index in [2.05, 4.69) is 10.6 Å². The van der Waals surface area contributed by atoms with E-state index < -0.39 is 0 Å². The van der Waals surface area contributed by atoms with E-state index in [1.165, 1.54) is 6.08 Å². The van der Waals surface area contributed by atoms with Crippen LogP contribution in [0, 0.1) is 0 Å². The molecule has 2 N–H and O–H groups in total. The molecule has 2 amide bonds. The monoisotopic (exact) mass is 404 g/mol. The smallest absolute Gasteiger partial charge is 0.244 e. The summed E-state index contributed by atoms with van der Waals surface area (Å²) >= 11 is 12.1. The molecule has 2 aromatic rings. The SMILES string of the molecule is O=C(/C=C/c1c(Cl)cccc1Cl)NCCOc1ccc2c(c1)CCC(=O)N2. The standard InChI is InChI=1S/C20H18Cl2N2O3/c21-16-2-1-3-17(22)15(16)6-9-19(25)23-10-11-27-14-5-7-18-13(12-14)4-8-20(26)24-18/h1-3,5-7,9,12H,4,8,10-11H2,(H,23,25)(H,24,26)/b9-6+. The zero-order valence-corrected chi connectivity index (χ0v) is 15.9. The first-order chi connectivity index (χ1) is 13.0. The van der Waals surface area contributed by atoms with Crippen LogP contribution < -0.4 is 15.4 Å². The van der Waals surface area contributed by atoms with Crippen LogP contribution in [0.2, 0.25) is 10.0 Å². The summed E-state index contributed by atoms with van der Waals surface area (Å²) in [5, 5.41) is 6.53. The van der Waals surface area contributed by atoms with Gasteiger partial charge in [-0.2, -0.15) is 0 Å². The van der Waals surface area contributed by atoms with Crippen LogP contribution in [0.5, 0.6) is 5.75 Å². The summed E-state index contributed by atoms with van der Waals surface area (Å²) in [4.78, 5) is 23.3. The van der Waals surface area contributed by atoms with Gasteiger partial charge >= 0.3 is 0 Å². The molecule has 7 heteroatoms. The Kier molecular flexibility index (Phi) is 6.37. The average Bonchev–Trinajstić information content (AvgIpc) is 2.65. The molecular weight excluding hydrogens is 387 g/mol. The van der Waals surface area contributed by atoms with Crippen LogP contribution >= 0.6 is 23.2 Å². The summed E-state index contributed by atoms with van der Waals surface area (Å²) in [6.07, 6.45) is 4.14. The number of benzene rings is 2. The normalized spacial score (nSPS) is 13.2. The average molecular weight is 405 g/mol. The Hall–Kier alpha value is -2.50. The van der Waals surface area contributed by atoms with E-state index >= 15 is 0 Å². The second-order valence-corrected chi connectivity index (χ2v) is 6.79. The fourth-order valence-corrected chi connectivity index (χ4v) is 3.20. The first-order valence-electron chi connectivity index (χ1n) is 8.48. The second-order valence-electron chi connectivity index (χ2n) is 5.98. The molecule has 0 atom stereocenters. The van der Waals surface area contributed by atoms with Crippen LogP contribution in [-0.2, 0) is 16.0 Å². The molecule has 2 aromatic carbocycles. The Morgan fingerprint density at radius 3 is 2.74 bits per heavy atom. The zero-order valence-electron chi connectivity index (χ0n) is 14.4. The summed E-state index contributed by atoms with van der Waals surface area (Å²) in [6.45, 7) is 0.685. The van der Waals surface area contributed by atoms with Gasteiger partial charge in [0.25, 0.3) is 0 Å². The van der Waals surface area contributed by atoms with E-state index in [1.54, 1.807) is 30.3 Å². The molecule has 1 heterocycles. The van der Waals surface area contributed by atoms with Gasteiger partial charge in [-0.3, -0.25) is 9.59 Å². The predicted molar refractivity (Wildman–Crippen MR) is 107 cm³/mol. The lowest BCUT2D eigenvalue weighted by molar-refractivity contribution is -0.117. The molecule has 1 aliphatic heterocycles. The molecule has 0 fully saturated rings. The van der Waals surface area contributed by atoms with Crippen molar-refractivity contribution in [2.45, 2.75) is 12.8 Å². The summed E-state index contributed by atoms with van der Waals surface area (Å²) in [5.74, 6) is 0.477. The lowest BCUT2D eigenvalue weighted by Gasteiger charge is -2.17. The maximum Gasteiger partial charge on any atom is 0.244 e. The molecule has 0 bridgehead atoms. The largest absolute Gasteiger partial charge is 0.492 e. The molecule has 5 nitrogen and oxygen atoms in total. The topological polar surface area (TPSA) is 67.4 Å². The Balaban J connectivity index is 1.45. The molecule has 1 aliphatic rings. The van der Waals surface area contributed by atoms with E-state index in [-0.39, 0.29) is 11.8 Å². The molecule has 0 spiro atoms. The number of nitrogens with one attached hydrogen (secondary N) is 2. The zero-order chi connectivity index (χ0) is 19.2. The molecule has 0 saturated carbocycles. The lowest BCUT2D eigenvalue weighted by atomic mass is 10.0. The predicted octanol–water partition coefficient (Wildman–Crippen LogP) is 4.09. The van der Waals surface area contributed by atoms with Crippen molar-refractivity contribution in [2.75, 3.05) is 18.5 Å². The van der Waals surface area contributed by atoms with Crippen molar-refractivity contribution in [1.82, 2.24) is 5.32 Å². The Labute approximate surface area is 167 Å². The van der Waals surface area contributed by atoms with E-state index in [0.29, 0.717) is 47.4 Å². The molecule has 27 heavy (non-hydrogen) atoms. The van der Waals surface area contributed by atoms with Gasteiger partial charge in [-0.05, 0) is 48.4 Å². The fraction of sp³-hybridized carbons (Fsp3) is 0.200. The minimum absolute atomic E-state index is 0.0324. The number of carbonyl (C=O) groups excluding carboxylic acids is 2. The summed E-state index contributed by atoms with van der Waals surface area (Å²) in [7, 11) is 0. The molecule has 0 unspecified atom stereocenters. The van der Waals surface area contributed by atoms with Crippen molar-refractivity contribution >= 4 is 46.8 Å². The van der Waals surface area contributed by atoms with Gasteiger partial charge in [0.2, 0.25) is 11.8 Å². The van der Waals surface area contributed by atoms with Crippen LogP contribution in [0.1, 0.15) is 17.5 Å². The minimum atomic E-state index is -0.261. The van der Waals surface area contributed by atoms with Gasteiger partial charge in [0, 0.05) is 33.8 Å². The van der Waals surface area contributed by atoms with E-state index in [0.717, 1.165) is 11.3 Å². The number of hydrogen-bond acceptors (Lipinski definition) is 3. The number of halogens is 2. The molecule has 0 aliphatic carbocycles. The van der Waals surface area contributed by atoms with Crippen molar-refractivity contribution in [3.63, 3.8) is 0 Å². The molecule has 3 rings (SSSR count). The highest BCUT2D eigenvalue weighted by Crippen LogP contribution is 2.27. The molecule has 140 valence electrons. The van der Waals surface area contributed by atoms with Crippen LogP contribution in [0.4, 0.5) is 5.69 Å². The number of carbonyl (C=O) groups is 2. The number of aryl methyl sites for hydroxylation is 1. The lowest BCUT2D eigenvalue weighted by Crippen LogP contribution is -2.26. The van der Waals surface area contributed by atoms with Crippen molar-refractivity contribution in [3.05, 3.63) is 63.6 Å². The number of amides is 2. The molecular formula is C20H18Cl2N2O3. The van der Waals surface area contributed by atoms with Crippen LogP contribution in [0.3, 0.4) is 0 Å². The minimum Gasteiger partial charge on any atom is -0.492 e. The van der Waals surface area contributed by atoms with Crippen LogP contribution in [-0.4, -0.2) is 25.0 Å². The van der Waals surface area contributed by atoms with Crippen molar-refractivity contribution in [1.29, 1.82) is 0 Å². The molecule has 0 aromatic heterocycles. The quantitative estimate of drug-likeness (QED) is 0.562. The highest BCUT2D eigenvalue weighted by Gasteiger charge is 2.14. The van der Waals surface area contributed by atoms with E-state index in [9.17, 15) is 9.59 Å². The first kappa shape index (κ1) is 19.3. The molecule has 0 radical (unpaired) electrons. The van der Waals surface area contributed by atoms with Gasteiger partial charge < -0.3 is 15.4 Å². The van der Waals surface area contributed by atoms with Crippen molar-refractivity contribution in [3.8, 4) is 5.75 Å². The highest BCUT2D eigenvalue weighted by molar-refractivity contribution is 6.37. The molecule has 0 saturated heterocycles. The van der Waals surface area contributed by atoms with Crippen molar-refractivity contribution in [2.24, 2.45) is 0 Å². The van der Waals surface area contributed by atoms with E-state index in [4.69, 9.17) is 27.9 Å². The van der Waals surface area contributed by atoms with Crippen LogP contribution in [0.15, 0.2) is 42.5 Å². The third kappa shape index (κ3) is 5.25. The third-order valence-corrected chi connectivity index (χ3v) is 4.70.